The molecule has 1 aromatic heterocycles. The molecule has 2 aromatic carbocycles. The smallest absolute Gasteiger partial charge is 0.319 e. The Bertz CT molecular complexity index is 1190. The van der Waals surface area contributed by atoms with Crippen molar-refractivity contribution in [2.75, 3.05) is 19.5 Å². The van der Waals surface area contributed by atoms with E-state index in [1.807, 2.05) is 31.2 Å². The molecule has 0 radical (unpaired) electrons. The highest BCUT2D eigenvalue weighted by Gasteiger charge is 2.18. The number of rotatable bonds is 9. The Morgan fingerprint density at radius 1 is 1.09 bits per heavy atom. The predicted molar refractivity (Wildman–Crippen MR) is 135 cm³/mol. The molecular formula is C26H31N5O4. The molecule has 1 aliphatic rings. The minimum Gasteiger partial charge on any atom is -0.493 e. The summed E-state index contributed by atoms with van der Waals surface area (Å²) < 4.78 is 16.7. The molecule has 1 atom stereocenters. The fourth-order valence-corrected chi connectivity index (χ4v) is 4.28. The molecule has 184 valence electrons. The standard InChI is InChI=1S/C26H31N5O4/c1-16(30-26(32)31-17-8-10-19(11-9-17)35-18-6-4-5-7-18)12-21(27)25-20-13-23(33-2)24(34-3)14-22(20)28-15-29-25/h8-11,13-16,18,27H,4-7,12H2,1-3H3,(H2,30,31,32). The molecule has 1 fully saturated rings. The van der Waals surface area contributed by atoms with E-state index in [4.69, 9.17) is 19.6 Å². The molecule has 4 rings (SSSR count). The zero-order chi connectivity index (χ0) is 24.8. The molecule has 0 aliphatic heterocycles. The molecule has 3 aromatic rings. The number of ether oxygens (including phenoxy) is 3. The number of anilines is 1. The van der Waals surface area contributed by atoms with Crippen molar-refractivity contribution in [1.82, 2.24) is 15.3 Å². The van der Waals surface area contributed by atoms with Crippen LogP contribution in [-0.4, -0.2) is 48.1 Å². The van der Waals surface area contributed by atoms with E-state index in [9.17, 15) is 4.79 Å². The number of benzene rings is 2. The largest absolute Gasteiger partial charge is 0.493 e. The Hall–Kier alpha value is -3.88. The van der Waals surface area contributed by atoms with E-state index in [0.29, 0.717) is 46.3 Å². The van der Waals surface area contributed by atoms with Crippen molar-refractivity contribution in [1.29, 1.82) is 5.41 Å². The van der Waals surface area contributed by atoms with Gasteiger partial charge in [0.15, 0.2) is 11.5 Å². The van der Waals surface area contributed by atoms with Crippen molar-refractivity contribution in [3.63, 3.8) is 0 Å². The maximum absolute atomic E-state index is 12.5. The lowest BCUT2D eigenvalue weighted by Gasteiger charge is -2.17. The van der Waals surface area contributed by atoms with Crippen LogP contribution in [0.2, 0.25) is 0 Å². The first kappa shape index (κ1) is 24.3. The average Bonchev–Trinajstić information content (AvgIpc) is 3.36. The fraction of sp³-hybridized carbons (Fsp3) is 0.385. The van der Waals surface area contributed by atoms with Crippen molar-refractivity contribution in [2.45, 2.75) is 51.2 Å². The van der Waals surface area contributed by atoms with Crippen LogP contribution in [0.3, 0.4) is 0 Å². The summed E-state index contributed by atoms with van der Waals surface area (Å²) in [6, 6.07) is 10.3. The topological polar surface area (TPSA) is 118 Å². The second-order valence-electron chi connectivity index (χ2n) is 8.68. The molecule has 1 heterocycles. The van der Waals surface area contributed by atoms with Gasteiger partial charge in [0.2, 0.25) is 0 Å². The van der Waals surface area contributed by atoms with Crippen LogP contribution in [0, 0.1) is 5.41 Å². The van der Waals surface area contributed by atoms with Crippen LogP contribution in [-0.2, 0) is 0 Å². The minimum absolute atomic E-state index is 0.283. The number of fused-ring (bicyclic) bond motifs is 1. The van der Waals surface area contributed by atoms with Gasteiger partial charge in [0, 0.05) is 29.6 Å². The lowest BCUT2D eigenvalue weighted by atomic mass is 10.0. The van der Waals surface area contributed by atoms with Crippen LogP contribution in [0.25, 0.3) is 10.9 Å². The number of hydrogen-bond acceptors (Lipinski definition) is 7. The van der Waals surface area contributed by atoms with Crippen molar-refractivity contribution >= 4 is 28.3 Å². The number of aromatic nitrogens is 2. The van der Waals surface area contributed by atoms with E-state index in [2.05, 4.69) is 20.6 Å². The molecule has 1 unspecified atom stereocenters. The van der Waals surface area contributed by atoms with E-state index >= 15 is 0 Å². The van der Waals surface area contributed by atoms with Gasteiger partial charge in [0.1, 0.15) is 12.1 Å². The van der Waals surface area contributed by atoms with E-state index in [1.54, 1.807) is 26.4 Å². The van der Waals surface area contributed by atoms with E-state index in [-0.39, 0.29) is 17.8 Å². The number of methoxy groups -OCH3 is 2. The molecule has 35 heavy (non-hydrogen) atoms. The van der Waals surface area contributed by atoms with Crippen molar-refractivity contribution < 1.29 is 19.0 Å². The Balaban J connectivity index is 1.35. The third-order valence-electron chi connectivity index (χ3n) is 6.03. The van der Waals surface area contributed by atoms with Crippen LogP contribution in [0.1, 0.15) is 44.7 Å². The molecule has 3 N–H and O–H groups in total. The van der Waals surface area contributed by atoms with Crippen molar-refractivity contribution in [3.05, 3.63) is 48.4 Å². The number of nitrogens with zero attached hydrogens (tertiary/aromatic N) is 2. The molecule has 2 amide bonds. The normalized spacial score (nSPS) is 14.4. The summed E-state index contributed by atoms with van der Waals surface area (Å²) in [5.41, 5.74) is 2.09. The van der Waals surface area contributed by atoms with Crippen LogP contribution < -0.4 is 24.8 Å². The van der Waals surface area contributed by atoms with Crippen LogP contribution in [0.5, 0.6) is 17.2 Å². The minimum atomic E-state index is -0.339. The Morgan fingerprint density at radius 3 is 2.46 bits per heavy atom. The second-order valence-corrected chi connectivity index (χ2v) is 8.68. The summed E-state index contributed by atoms with van der Waals surface area (Å²) in [4.78, 5) is 21.1. The van der Waals surface area contributed by atoms with Crippen LogP contribution in [0.4, 0.5) is 10.5 Å². The lowest BCUT2D eigenvalue weighted by Crippen LogP contribution is -2.37. The second kappa shape index (κ2) is 11.0. The average molecular weight is 478 g/mol. The Morgan fingerprint density at radius 2 is 1.77 bits per heavy atom. The number of amides is 2. The number of urea groups is 1. The molecule has 0 bridgehead atoms. The maximum atomic E-state index is 12.5. The maximum Gasteiger partial charge on any atom is 0.319 e. The highest BCUT2D eigenvalue weighted by atomic mass is 16.5. The summed E-state index contributed by atoms with van der Waals surface area (Å²) >= 11 is 0. The van der Waals surface area contributed by atoms with Gasteiger partial charge in [-0.15, -0.1) is 0 Å². The molecule has 1 saturated carbocycles. The van der Waals surface area contributed by atoms with Crippen LogP contribution >= 0.6 is 0 Å². The van der Waals surface area contributed by atoms with Crippen molar-refractivity contribution in [3.8, 4) is 17.2 Å². The van der Waals surface area contributed by atoms with Gasteiger partial charge in [-0.2, -0.15) is 0 Å². The zero-order valence-electron chi connectivity index (χ0n) is 20.3. The molecule has 9 heteroatoms. The molecule has 0 saturated heterocycles. The van der Waals surface area contributed by atoms with Gasteiger partial charge in [-0.25, -0.2) is 14.8 Å². The summed E-state index contributed by atoms with van der Waals surface area (Å²) in [5, 5.41) is 15.0. The zero-order valence-corrected chi connectivity index (χ0v) is 20.3. The predicted octanol–water partition coefficient (Wildman–Crippen LogP) is 4.94. The first-order chi connectivity index (χ1) is 17.0. The lowest BCUT2D eigenvalue weighted by molar-refractivity contribution is 0.210. The molecule has 1 aliphatic carbocycles. The highest BCUT2D eigenvalue weighted by Crippen LogP contribution is 2.32. The first-order valence-corrected chi connectivity index (χ1v) is 11.8. The number of carbonyl (C=O) groups excluding carboxylic acids is 1. The number of nitrogens with one attached hydrogen (secondary N) is 3. The summed E-state index contributed by atoms with van der Waals surface area (Å²) in [5.74, 6) is 1.91. The Labute approximate surface area is 204 Å². The van der Waals surface area contributed by atoms with E-state index < -0.39 is 0 Å². The number of hydrogen-bond donors (Lipinski definition) is 3. The quantitative estimate of drug-likeness (QED) is 0.376. The van der Waals surface area contributed by atoms with Gasteiger partial charge >= 0.3 is 6.03 Å². The third-order valence-corrected chi connectivity index (χ3v) is 6.03. The van der Waals surface area contributed by atoms with Crippen LogP contribution in [0.15, 0.2) is 42.7 Å². The molecule has 9 nitrogen and oxygen atoms in total. The van der Waals surface area contributed by atoms with Gasteiger partial charge < -0.3 is 30.3 Å². The van der Waals surface area contributed by atoms with Gasteiger partial charge in [-0.3, -0.25) is 0 Å². The van der Waals surface area contributed by atoms with Crippen molar-refractivity contribution in [2.24, 2.45) is 0 Å². The third kappa shape index (κ3) is 5.98. The summed E-state index contributed by atoms with van der Waals surface area (Å²) in [6.45, 7) is 1.85. The van der Waals surface area contributed by atoms with Gasteiger partial charge in [0.05, 0.1) is 37.2 Å². The monoisotopic (exact) mass is 477 g/mol. The number of carbonyl (C=O) groups is 1. The van der Waals surface area contributed by atoms with E-state index in [0.717, 1.165) is 18.6 Å². The van der Waals surface area contributed by atoms with E-state index in [1.165, 1.54) is 19.2 Å². The SMILES string of the molecule is COc1cc2ncnc(C(=N)CC(C)NC(=O)Nc3ccc(OC4CCCC4)cc3)c2cc1OC. The van der Waals surface area contributed by atoms with Gasteiger partial charge in [-0.05, 0) is 62.9 Å². The summed E-state index contributed by atoms with van der Waals surface area (Å²) in [6.07, 6.45) is 6.64. The first-order valence-electron chi connectivity index (χ1n) is 11.8. The molecular weight excluding hydrogens is 446 g/mol. The Kier molecular flexibility index (Phi) is 7.64. The summed E-state index contributed by atoms with van der Waals surface area (Å²) in [7, 11) is 3.12. The van der Waals surface area contributed by atoms with Gasteiger partial charge in [0.25, 0.3) is 0 Å². The van der Waals surface area contributed by atoms with Gasteiger partial charge in [-0.1, -0.05) is 0 Å². The fourth-order valence-electron chi connectivity index (χ4n) is 4.28. The molecule has 0 spiro atoms. The highest BCUT2D eigenvalue weighted by molar-refractivity contribution is 6.07.